The molecule has 2 aliphatic heterocycles. The largest absolute Gasteiger partial charge is 0.383 e. The SMILES string of the molecule is COCCN1C(=O)c2cc(Br)c3c4c(Br)cc5c6c(cc(Br)c(c7c(Br)cc(c2c37)C1=O)c64)C(=O)N(CCOC)C5=O. The molecule has 0 aliphatic carbocycles. The minimum Gasteiger partial charge on any atom is -0.383 e. The van der Waals surface area contributed by atoms with Crippen molar-refractivity contribution in [3.05, 3.63) is 64.4 Å². The number of benzene rings is 5. The van der Waals surface area contributed by atoms with Crippen LogP contribution in [0.2, 0.25) is 0 Å². The van der Waals surface area contributed by atoms with Gasteiger partial charge in [0.2, 0.25) is 0 Å². The molecule has 5 aromatic carbocycles. The van der Waals surface area contributed by atoms with Crippen LogP contribution in [0.1, 0.15) is 41.4 Å². The molecule has 0 fully saturated rings. The van der Waals surface area contributed by atoms with E-state index in [4.69, 9.17) is 9.47 Å². The third-order valence-corrected chi connectivity index (χ3v) is 10.6. The highest BCUT2D eigenvalue weighted by molar-refractivity contribution is 9.11. The molecule has 2 heterocycles. The van der Waals surface area contributed by atoms with E-state index in [1.165, 1.54) is 24.0 Å². The zero-order valence-corrected chi connectivity index (χ0v) is 28.3. The summed E-state index contributed by atoms with van der Waals surface area (Å²) in [6.45, 7) is 0.688. The van der Waals surface area contributed by atoms with E-state index < -0.39 is 23.6 Å². The van der Waals surface area contributed by atoms with E-state index in [1.54, 1.807) is 24.3 Å². The number of carbonyl (C=O) groups excluding carboxylic acids is 4. The van der Waals surface area contributed by atoms with Crippen LogP contribution < -0.4 is 0 Å². The Morgan fingerprint density at radius 1 is 0.476 bits per heavy atom. The molecule has 12 heteroatoms. The van der Waals surface area contributed by atoms with Crippen molar-refractivity contribution in [2.75, 3.05) is 40.5 Å². The number of hydrogen-bond acceptors (Lipinski definition) is 6. The molecule has 0 bridgehead atoms. The van der Waals surface area contributed by atoms with E-state index in [2.05, 4.69) is 63.7 Å². The number of halogens is 4. The maximum atomic E-state index is 13.7. The average molecular weight is 822 g/mol. The standard InChI is InChI=1S/C30H18Br4N2O6/c1-41-5-3-35-27(37)11-7-15(31)21-23-17(33)9-13-20-14(30(40)36(29(13)39)4-6-42-2)10-18(34)24(26(20)23)22-16(32)8-12(28(35)38)19(11)25(21)22/h7-10H,3-6H2,1-2H3. The van der Waals surface area contributed by atoms with Crippen molar-refractivity contribution in [1.29, 1.82) is 0 Å². The first kappa shape index (κ1) is 28.3. The van der Waals surface area contributed by atoms with Crippen molar-refractivity contribution in [2.45, 2.75) is 0 Å². The van der Waals surface area contributed by atoms with Gasteiger partial charge in [0.25, 0.3) is 23.6 Å². The third-order valence-electron chi connectivity index (χ3n) is 8.06. The van der Waals surface area contributed by atoms with Gasteiger partial charge in [0.1, 0.15) is 0 Å². The molecule has 5 aromatic rings. The van der Waals surface area contributed by atoms with E-state index in [0.29, 0.717) is 50.9 Å². The molecule has 0 saturated heterocycles. The number of amides is 4. The normalized spacial score (nSPS) is 15.1. The molecular weight excluding hydrogens is 804 g/mol. The Kier molecular flexibility index (Phi) is 6.76. The molecule has 0 unspecified atom stereocenters. The lowest BCUT2D eigenvalue weighted by Crippen LogP contribution is -2.42. The van der Waals surface area contributed by atoms with Crippen LogP contribution >= 0.6 is 63.7 Å². The van der Waals surface area contributed by atoms with Gasteiger partial charge < -0.3 is 9.47 Å². The minimum atomic E-state index is -0.397. The third kappa shape index (κ3) is 3.62. The maximum absolute atomic E-state index is 13.7. The number of carbonyl (C=O) groups is 4. The van der Waals surface area contributed by atoms with Crippen LogP contribution in [0, 0.1) is 0 Å². The van der Waals surface area contributed by atoms with Crippen molar-refractivity contribution in [2.24, 2.45) is 0 Å². The van der Waals surface area contributed by atoms with Crippen molar-refractivity contribution < 1.29 is 28.7 Å². The predicted octanol–water partition coefficient (Wildman–Crippen LogP) is 7.27. The number of fused-ring (bicyclic) bond motifs is 2. The summed E-state index contributed by atoms with van der Waals surface area (Å²) in [7, 11) is 3.04. The summed E-state index contributed by atoms with van der Waals surface area (Å²) in [5.74, 6) is -1.59. The van der Waals surface area contributed by atoms with E-state index in [9.17, 15) is 19.2 Å². The highest BCUT2D eigenvalue weighted by Crippen LogP contribution is 2.53. The fraction of sp³-hybridized carbons (Fsp3) is 0.200. The number of ether oxygens (including phenoxy) is 2. The number of hydrogen-bond donors (Lipinski definition) is 0. The van der Waals surface area contributed by atoms with Crippen LogP contribution in [-0.2, 0) is 9.47 Å². The Morgan fingerprint density at radius 3 is 0.976 bits per heavy atom. The van der Waals surface area contributed by atoms with Gasteiger partial charge in [0.15, 0.2) is 0 Å². The van der Waals surface area contributed by atoms with Gasteiger partial charge in [-0.1, -0.05) is 63.7 Å². The van der Waals surface area contributed by atoms with Gasteiger partial charge in [0, 0.05) is 97.5 Å². The van der Waals surface area contributed by atoms with E-state index in [0.717, 1.165) is 32.3 Å². The lowest BCUT2D eigenvalue weighted by molar-refractivity contribution is 0.0546. The fourth-order valence-electron chi connectivity index (χ4n) is 6.33. The van der Waals surface area contributed by atoms with Gasteiger partial charge in [-0.2, -0.15) is 0 Å². The second-order valence-electron chi connectivity index (χ2n) is 10.1. The first-order chi connectivity index (χ1) is 20.1. The van der Waals surface area contributed by atoms with Crippen LogP contribution in [0.15, 0.2) is 42.2 Å². The summed E-state index contributed by atoms with van der Waals surface area (Å²) >= 11 is 15.0. The Labute approximate surface area is 272 Å². The van der Waals surface area contributed by atoms with Gasteiger partial charge in [-0.3, -0.25) is 29.0 Å². The summed E-state index contributed by atoms with van der Waals surface area (Å²) in [6.07, 6.45) is 0. The van der Waals surface area contributed by atoms with Crippen LogP contribution in [0.3, 0.4) is 0 Å². The van der Waals surface area contributed by atoms with Crippen molar-refractivity contribution >= 4 is 130 Å². The van der Waals surface area contributed by atoms with Crippen LogP contribution in [-0.4, -0.2) is 74.0 Å². The van der Waals surface area contributed by atoms with E-state index in [1.807, 2.05) is 0 Å². The van der Waals surface area contributed by atoms with Gasteiger partial charge in [-0.15, -0.1) is 0 Å². The van der Waals surface area contributed by atoms with Crippen molar-refractivity contribution in [3.63, 3.8) is 0 Å². The average Bonchev–Trinajstić information content (AvgIpc) is 2.96. The molecule has 0 spiro atoms. The molecule has 0 aromatic heterocycles. The summed E-state index contributed by atoms with van der Waals surface area (Å²) in [5.41, 5.74) is 1.61. The molecule has 7 rings (SSSR count). The molecule has 0 saturated carbocycles. The molecule has 42 heavy (non-hydrogen) atoms. The minimum absolute atomic E-state index is 0.127. The second-order valence-corrected chi connectivity index (χ2v) is 13.6. The first-order valence-corrected chi connectivity index (χ1v) is 16.0. The van der Waals surface area contributed by atoms with Crippen molar-refractivity contribution in [3.8, 4) is 0 Å². The van der Waals surface area contributed by atoms with Gasteiger partial charge in [-0.05, 0) is 24.3 Å². The number of imide groups is 2. The van der Waals surface area contributed by atoms with Gasteiger partial charge >= 0.3 is 0 Å². The number of rotatable bonds is 6. The smallest absolute Gasteiger partial charge is 0.261 e. The topological polar surface area (TPSA) is 93.2 Å². The summed E-state index contributed by atoms with van der Waals surface area (Å²) in [4.78, 5) is 57.1. The molecule has 0 radical (unpaired) electrons. The van der Waals surface area contributed by atoms with E-state index in [-0.39, 0.29) is 26.3 Å². The predicted molar refractivity (Wildman–Crippen MR) is 173 cm³/mol. The molecule has 2 aliphatic rings. The Balaban J connectivity index is 1.68. The van der Waals surface area contributed by atoms with E-state index >= 15 is 0 Å². The summed E-state index contributed by atoms with van der Waals surface area (Å²) in [5, 5.41) is 5.61. The molecule has 0 atom stereocenters. The zero-order chi connectivity index (χ0) is 29.8. The molecule has 8 nitrogen and oxygen atoms in total. The summed E-state index contributed by atoms with van der Waals surface area (Å²) < 4.78 is 12.9. The van der Waals surface area contributed by atoms with Gasteiger partial charge in [0.05, 0.1) is 26.3 Å². The van der Waals surface area contributed by atoms with Crippen LogP contribution in [0.25, 0.3) is 43.1 Å². The number of nitrogens with zero attached hydrogens (tertiary/aromatic N) is 2. The number of methoxy groups -OCH3 is 2. The summed E-state index contributed by atoms with van der Waals surface area (Å²) in [6, 6.07) is 6.99. The van der Waals surface area contributed by atoms with Crippen LogP contribution in [0.5, 0.6) is 0 Å². The lowest BCUT2D eigenvalue weighted by Gasteiger charge is -2.31. The molecule has 4 amide bonds. The molecular formula is C30H18Br4N2O6. The highest BCUT2D eigenvalue weighted by atomic mass is 79.9. The van der Waals surface area contributed by atoms with Crippen LogP contribution in [0.4, 0.5) is 0 Å². The Hall–Kier alpha value is -2.48. The second kappa shape index (κ2) is 10.0. The fourth-order valence-corrected chi connectivity index (χ4v) is 8.83. The molecule has 0 N–H and O–H groups in total. The quantitative estimate of drug-likeness (QED) is 0.102. The monoisotopic (exact) mass is 818 g/mol. The Bertz CT molecular complexity index is 1830. The zero-order valence-electron chi connectivity index (χ0n) is 22.0. The van der Waals surface area contributed by atoms with Gasteiger partial charge in [-0.25, -0.2) is 0 Å². The molecule has 212 valence electrons. The highest BCUT2D eigenvalue weighted by Gasteiger charge is 2.39. The first-order valence-electron chi connectivity index (χ1n) is 12.8. The van der Waals surface area contributed by atoms with Crippen molar-refractivity contribution in [1.82, 2.24) is 9.80 Å². The maximum Gasteiger partial charge on any atom is 0.261 e. The lowest BCUT2D eigenvalue weighted by atomic mass is 9.82. The Morgan fingerprint density at radius 2 is 0.738 bits per heavy atom.